The van der Waals surface area contributed by atoms with Crippen LogP contribution in [0.15, 0.2) is 64.3 Å². The average molecular weight is 627 g/mol. The number of hydrogen-bond acceptors (Lipinski definition) is 7. The van der Waals surface area contributed by atoms with E-state index in [1.807, 2.05) is 43.0 Å². The summed E-state index contributed by atoms with van der Waals surface area (Å²) in [5.74, 6) is -1.14. The Morgan fingerprint density at radius 2 is 1.67 bits per heavy atom. The van der Waals surface area contributed by atoms with Crippen LogP contribution in [-0.4, -0.2) is 58.0 Å². The molecule has 13 heteroatoms. The lowest BCUT2D eigenvalue weighted by Gasteiger charge is -2.45. The molecule has 3 aromatic carbocycles. The van der Waals surface area contributed by atoms with Crippen molar-refractivity contribution in [1.29, 1.82) is 0 Å². The Morgan fingerprint density at radius 3 is 2.35 bits per heavy atom. The van der Waals surface area contributed by atoms with Gasteiger partial charge in [-0.25, -0.2) is 14.0 Å². The van der Waals surface area contributed by atoms with E-state index in [1.165, 1.54) is 20.2 Å². The summed E-state index contributed by atoms with van der Waals surface area (Å²) in [6.45, 7) is 4.49. The lowest BCUT2D eigenvalue weighted by atomic mass is 9.88. The number of benzene rings is 3. The molecule has 2 aliphatic heterocycles. The zero-order chi connectivity index (χ0) is 32.9. The smallest absolute Gasteiger partial charge is 0.328 e. The van der Waals surface area contributed by atoms with E-state index in [0.29, 0.717) is 22.6 Å². The highest BCUT2D eigenvalue weighted by Crippen LogP contribution is 2.38. The van der Waals surface area contributed by atoms with Gasteiger partial charge in [0.25, 0.3) is 17.4 Å². The molecule has 0 saturated carbocycles. The van der Waals surface area contributed by atoms with Crippen LogP contribution in [0.1, 0.15) is 27.0 Å². The second kappa shape index (κ2) is 11.4. The molecule has 2 saturated heterocycles. The molecule has 4 N–H and O–H groups in total. The largest absolute Gasteiger partial charge is 0.496 e. The van der Waals surface area contributed by atoms with E-state index in [0.717, 1.165) is 38.6 Å². The number of hydrogen-bond donors (Lipinski definition) is 4. The molecule has 0 radical (unpaired) electrons. The van der Waals surface area contributed by atoms with Crippen LogP contribution in [0.4, 0.5) is 14.9 Å². The van der Waals surface area contributed by atoms with Crippen LogP contribution >= 0.6 is 0 Å². The van der Waals surface area contributed by atoms with Crippen LogP contribution in [0.25, 0.3) is 22.3 Å². The second-order valence-corrected chi connectivity index (χ2v) is 11.6. The highest BCUT2D eigenvalue weighted by molar-refractivity contribution is 6.08. The zero-order valence-corrected chi connectivity index (χ0v) is 25.5. The lowest BCUT2D eigenvalue weighted by molar-refractivity contribution is -0.130. The van der Waals surface area contributed by atoms with Crippen molar-refractivity contribution in [2.75, 3.05) is 25.5 Å². The predicted octanol–water partition coefficient (Wildman–Crippen LogP) is 2.82. The van der Waals surface area contributed by atoms with Gasteiger partial charge in [0.2, 0.25) is 0 Å². The zero-order valence-electron chi connectivity index (χ0n) is 25.5. The van der Waals surface area contributed by atoms with Gasteiger partial charge in [-0.3, -0.25) is 29.2 Å². The lowest BCUT2D eigenvalue weighted by Crippen LogP contribution is -2.70. The van der Waals surface area contributed by atoms with E-state index in [4.69, 9.17) is 4.74 Å². The number of amides is 4. The van der Waals surface area contributed by atoms with Gasteiger partial charge in [0.05, 0.1) is 7.11 Å². The van der Waals surface area contributed by atoms with Gasteiger partial charge < -0.3 is 20.4 Å². The van der Waals surface area contributed by atoms with Crippen LogP contribution in [0.3, 0.4) is 0 Å². The highest BCUT2D eigenvalue weighted by Gasteiger charge is 2.54. The standard InChI is InChI=1S/C33H31FN6O6/c1-17-20(19-11-25(34)24(27(12-19)46-4)14-40-15-33(16-40)30(43)37-31(44)38-33)7-5-8-21(17)22-9-6-10-26(18(22)2)36-28(41)23-13-35-32(45)39(3)29(23)42/h5-13H,14-16H2,1-4H3,(H,35,45)(H,36,41)(H2,37,38,43,44). The molecular formula is C33H31FN6O6. The quantitative estimate of drug-likeness (QED) is 0.230. The first-order valence-corrected chi connectivity index (χ1v) is 14.4. The number of urea groups is 1. The molecule has 0 bridgehead atoms. The Hall–Kier alpha value is -5.56. The molecule has 2 aliphatic rings. The fraction of sp³-hybridized carbons (Fsp3) is 0.242. The molecule has 236 valence electrons. The van der Waals surface area contributed by atoms with Crippen LogP contribution in [0, 0.1) is 19.7 Å². The summed E-state index contributed by atoms with van der Waals surface area (Å²) in [4.78, 5) is 65.1. The van der Waals surface area contributed by atoms with Crippen molar-refractivity contribution in [3.05, 3.63) is 104 Å². The first-order chi connectivity index (χ1) is 21.9. The van der Waals surface area contributed by atoms with Crippen molar-refractivity contribution in [2.45, 2.75) is 25.9 Å². The summed E-state index contributed by atoms with van der Waals surface area (Å²) in [7, 11) is 2.76. The highest BCUT2D eigenvalue weighted by atomic mass is 19.1. The predicted molar refractivity (Wildman–Crippen MR) is 168 cm³/mol. The third kappa shape index (κ3) is 5.13. The minimum Gasteiger partial charge on any atom is -0.496 e. The number of aromatic nitrogens is 2. The summed E-state index contributed by atoms with van der Waals surface area (Å²) in [5.41, 5.74) is 3.00. The van der Waals surface area contributed by atoms with E-state index >= 15 is 4.39 Å². The summed E-state index contributed by atoms with van der Waals surface area (Å²) in [6, 6.07) is 13.8. The first kappa shape index (κ1) is 30.5. The number of halogens is 1. The van der Waals surface area contributed by atoms with Crippen molar-refractivity contribution in [3.8, 4) is 28.0 Å². The number of nitrogens with zero attached hydrogens (tertiary/aromatic N) is 2. The van der Waals surface area contributed by atoms with Gasteiger partial charge in [-0.1, -0.05) is 30.3 Å². The maximum atomic E-state index is 15.7. The molecule has 6 rings (SSSR count). The molecule has 12 nitrogen and oxygen atoms in total. The topological polar surface area (TPSA) is 155 Å². The number of methoxy groups -OCH3 is 1. The molecular weight excluding hydrogens is 595 g/mol. The molecule has 1 aromatic heterocycles. The maximum absolute atomic E-state index is 15.7. The second-order valence-electron chi connectivity index (χ2n) is 11.6. The van der Waals surface area contributed by atoms with E-state index < -0.39 is 34.5 Å². The summed E-state index contributed by atoms with van der Waals surface area (Å²) in [5, 5.41) is 7.67. The van der Waals surface area contributed by atoms with Crippen LogP contribution in [0.2, 0.25) is 0 Å². The van der Waals surface area contributed by atoms with Crippen molar-refractivity contribution < 1.29 is 23.5 Å². The van der Waals surface area contributed by atoms with Crippen molar-refractivity contribution >= 4 is 23.5 Å². The molecule has 46 heavy (non-hydrogen) atoms. The Labute approximate surface area is 262 Å². The maximum Gasteiger partial charge on any atom is 0.328 e. The molecule has 4 aromatic rings. The molecule has 4 amide bonds. The number of ether oxygens (including phenoxy) is 1. The molecule has 3 heterocycles. The monoisotopic (exact) mass is 626 g/mol. The van der Waals surface area contributed by atoms with Crippen LogP contribution in [0.5, 0.6) is 5.75 Å². The van der Waals surface area contributed by atoms with Crippen LogP contribution in [-0.2, 0) is 18.4 Å². The fourth-order valence-electron chi connectivity index (χ4n) is 6.13. The normalized spacial score (nSPS) is 15.3. The van der Waals surface area contributed by atoms with Gasteiger partial charge in [0.1, 0.15) is 22.7 Å². The van der Waals surface area contributed by atoms with Crippen LogP contribution < -0.4 is 31.9 Å². The van der Waals surface area contributed by atoms with E-state index in [1.54, 1.807) is 18.2 Å². The number of likely N-dealkylation sites (tertiary alicyclic amines) is 1. The minimum atomic E-state index is -0.977. The molecule has 0 unspecified atom stereocenters. The molecule has 2 fully saturated rings. The number of carbonyl (C=O) groups is 3. The number of H-pyrrole nitrogens is 1. The third-order valence-electron chi connectivity index (χ3n) is 8.70. The van der Waals surface area contributed by atoms with E-state index in [-0.39, 0.29) is 31.1 Å². The van der Waals surface area contributed by atoms with E-state index in [2.05, 4.69) is 20.9 Å². The van der Waals surface area contributed by atoms with E-state index in [9.17, 15) is 24.0 Å². The Kier molecular flexibility index (Phi) is 7.56. The van der Waals surface area contributed by atoms with Gasteiger partial charge in [0, 0.05) is 44.1 Å². The van der Waals surface area contributed by atoms with Crippen molar-refractivity contribution in [2.24, 2.45) is 7.05 Å². The van der Waals surface area contributed by atoms with Crippen molar-refractivity contribution in [3.63, 3.8) is 0 Å². The molecule has 0 aliphatic carbocycles. The summed E-state index contributed by atoms with van der Waals surface area (Å²) < 4.78 is 22.1. The third-order valence-corrected chi connectivity index (χ3v) is 8.70. The number of rotatable bonds is 7. The Balaban J connectivity index is 1.27. The van der Waals surface area contributed by atoms with Crippen molar-refractivity contribution in [1.82, 2.24) is 25.1 Å². The number of anilines is 1. The molecule has 0 atom stereocenters. The number of carbonyl (C=O) groups excluding carboxylic acids is 3. The SMILES string of the molecule is COc1cc(-c2cccc(-c3cccc(NC(=O)c4c[nH]c(=O)n(C)c4=O)c3C)c2C)cc(F)c1CN1CC2(C1)NC(=O)NC2=O. The molecule has 1 spiro atoms. The van der Waals surface area contributed by atoms with Gasteiger partial charge in [-0.15, -0.1) is 0 Å². The number of imide groups is 1. The first-order valence-electron chi connectivity index (χ1n) is 14.4. The Morgan fingerprint density at radius 1 is 1.00 bits per heavy atom. The van der Waals surface area contributed by atoms with Gasteiger partial charge in [0.15, 0.2) is 0 Å². The number of nitrogens with one attached hydrogen (secondary N) is 4. The average Bonchev–Trinajstić information content (AvgIpc) is 3.31. The van der Waals surface area contributed by atoms with Gasteiger partial charge in [-0.05, 0) is 65.4 Å². The Bertz CT molecular complexity index is 2060. The van der Waals surface area contributed by atoms with Gasteiger partial charge in [-0.2, -0.15) is 0 Å². The minimum absolute atomic E-state index is 0.197. The number of aromatic amines is 1. The summed E-state index contributed by atoms with van der Waals surface area (Å²) >= 11 is 0. The summed E-state index contributed by atoms with van der Waals surface area (Å²) in [6.07, 6.45) is 1.10. The van der Waals surface area contributed by atoms with Gasteiger partial charge >= 0.3 is 11.7 Å². The fourth-order valence-corrected chi connectivity index (χ4v) is 6.13.